The Bertz CT molecular complexity index is 5140. The van der Waals surface area contributed by atoms with Crippen LogP contribution in [0.4, 0.5) is 0 Å². The minimum Gasteiger partial charge on any atom is -0.497 e. The number of hydrogen-bond donors (Lipinski definition) is 5. The van der Waals surface area contributed by atoms with E-state index in [4.69, 9.17) is 71.1 Å². The van der Waals surface area contributed by atoms with Gasteiger partial charge in [0.2, 0.25) is 0 Å². The fourth-order valence-corrected chi connectivity index (χ4v) is 22.7. The van der Waals surface area contributed by atoms with Crippen molar-refractivity contribution < 1.29 is 71.1 Å². The summed E-state index contributed by atoms with van der Waals surface area (Å²) in [6.07, 6.45) is 0. The first-order valence-corrected chi connectivity index (χ1v) is 57.4. The molecule has 734 valence electrons. The van der Waals surface area contributed by atoms with E-state index in [1.54, 1.807) is 71.1 Å². The molecule has 0 bridgehead atoms. The first-order chi connectivity index (χ1) is 63.3. The Morgan fingerprint density at radius 1 is 0.254 bits per heavy atom. The summed E-state index contributed by atoms with van der Waals surface area (Å²) >= 11 is 0. The van der Waals surface area contributed by atoms with Gasteiger partial charge in [-0.15, -0.1) is 0 Å². The van der Waals surface area contributed by atoms with Gasteiger partial charge in [-0.05, 0) is 212 Å². The molecule has 0 fully saturated rings. The van der Waals surface area contributed by atoms with Gasteiger partial charge in [0.05, 0.1) is 51.7 Å². The Labute approximate surface area is 815 Å². The van der Waals surface area contributed by atoms with Gasteiger partial charge >= 0.3 is 0 Å². The lowest BCUT2D eigenvalue weighted by molar-refractivity contribution is 0.0498. The van der Waals surface area contributed by atoms with Gasteiger partial charge in [0, 0.05) is 129 Å². The van der Waals surface area contributed by atoms with E-state index in [2.05, 4.69) is 316 Å². The van der Waals surface area contributed by atoms with E-state index in [-0.39, 0.29) is 61.7 Å². The molecule has 0 amide bonds. The van der Waals surface area contributed by atoms with Crippen molar-refractivity contribution in [2.45, 2.75) is 210 Å². The van der Waals surface area contributed by atoms with E-state index in [0.29, 0.717) is 54.4 Å². The second-order valence-corrected chi connectivity index (χ2v) is 56.0. The zero-order chi connectivity index (χ0) is 99.0. The summed E-state index contributed by atoms with van der Waals surface area (Å²) in [6, 6.07) is 67.4. The van der Waals surface area contributed by atoms with Gasteiger partial charge in [0.15, 0.2) is 68.5 Å². The Kier molecular flexibility index (Phi) is 48.5. The molecule has 0 saturated carbocycles. The molecule has 0 aromatic heterocycles. The van der Waals surface area contributed by atoms with Crippen molar-refractivity contribution in [1.29, 1.82) is 0 Å². The van der Waals surface area contributed by atoms with Crippen LogP contribution < -0.4 is 137 Å². The van der Waals surface area contributed by atoms with Gasteiger partial charge < -0.3 is 97.6 Å². The Hall–Kier alpha value is -7.62. The third-order valence-corrected chi connectivity index (χ3v) is 31.5. The molecule has 5 unspecified atom stereocenters. The average Bonchev–Trinajstić information content (AvgIpc) is 0.736. The van der Waals surface area contributed by atoms with Crippen LogP contribution in [0, 0.1) is 6.92 Å². The van der Waals surface area contributed by atoms with E-state index in [1.165, 1.54) is 75.6 Å². The average molecular weight is 1970 g/mol. The monoisotopic (exact) mass is 1960 g/mol. The topological polar surface area (TPSA) is 199 Å². The molecule has 0 aliphatic carbocycles. The van der Waals surface area contributed by atoms with Gasteiger partial charge in [-0.2, -0.15) is 0 Å². The number of rotatable bonds is 42. The number of benzene rings is 10. The predicted octanol–water partition coefficient (Wildman–Crippen LogP) is 17.4. The Morgan fingerprint density at radius 3 is 0.933 bits per heavy atom. The van der Waals surface area contributed by atoms with Gasteiger partial charge in [-0.1, -0.05) is 239 Å². The highest BCUT2D eigenvalue weighted by Crippen LogP contribution is 2.37. The number of ether oxygens (including phenoxy) is 15. The molecule has 10 aromatic carbocycles. The zero-order valence-corrected chi connectivity index (χ0v) is 93.2. The van der Waals surface area contributed by atoms with E-state index < -0.39 is 16.1 Å². The lowest BCUT2D eigenvalue weighted by atomic mass is 10.1. The van der Waals surface area contributed by atoms with Gasteiger partial charge in [-0.3, -0.25) is 0 Å². The van der Waals surface area contributed by atoms with Crippen molar-refractivity contribution in [3.63, 3.8) is 0 Å². The number of methoxy groups -OCH3 is 10. The third-order valence-electron chi connectivity index (χ3n) is 20.3. The SMILES string of the molecule is COCOc1c(OC)cc(OC)cc1Pc1ccccc1CNC(C)(C)C.COCOc1c(OC)cccc1Pc1c(C)cccc1CNC(C)(C)C.COCOc1c(OC)cccc1Pc1ccccc1CNC(C)(C)C.COCOc1c(Pc2ccccc2CNC(C)(C)C)cc([Si](C)(C)C)cc1[Si](C)(C)C.COCOc1ccc(OC)cc1Pc1ccccc1CNC(C)(C)C. The molecule has 0 aliphatic heterocycles. The second-order valence-electron chi connectivity index (χ2n) is 39.3. The summed E-state index contributed by atoms with van der Waals surface area (Å²) < 4.78 is 82.3. The van der Waals surface area contributed by atoms with Crippen LogP contribution in [0.5, 0.6) is 57.5 Å². The van der Waals surface area contributed by atoms with E-state index in [9.17, 15) is 0 Å². The van der Waals surface area contributed by atoms with Crippen molar-refractivity contribution in [1.82, 2.24) is 26.6 Å². The summed E-state index contributed by atoms with van der Waals surface area (Å²) in [4.78, 5) is 0. The number of aryl methyl sites for hydroxylation is 1. The van der Waals surface area contributed by atoms with Crippen molar-refractivity contribution in [3.8, 4) is 57.5 Å². The van der Waals surface area contributed by atoms with Gasteiger partial charge in [0.1, 0.15) is 23.0 Å². The molecular formula is C107H158N5O15P5Si2. The molecule has 0 radical (unpaired) electrons. The van der Waals surface area contributed by atoms with E-state index in [1.807, 2.05) is 54.6 Å². The molecule has 5 atom stereocenters. The molecule has 20 nitrogen and oxygen atoms in total. The minimum atomic E-state index is -1.61. The summed E-state index contributed by atoms with van der Waals surface area (Å²) in [6.45, 7) is 54.7. The summed E-state index contributed by atoms with van der Waals surface area (Å²) in [7, 11) is 15.7. The first-order valence-electron chi connectivity index (χ1n) is 45.4. The number of hydrogen-bond acceptors (Lipinski definition) is 20. The first kappa shape index (κ1) is 115. The molecule has 0 heterocycles. The minimum absolute atomic E-state index is 0.0577. The highest BCUT2D eigenvalue weighted by Gasteiger charge is 2.30. The summed E-state index contributed by atoms with van der Waals surface area (Å²) in [5, 5.41) is 33.1. The molecule has 5 N–H and O–H groups in total. The van der Waals surface area contributed by atoms with Crippen molar-refractivity contribution in [3.05, 3.63) is 228 Å². The maximum atomic E-state index is 6.26. The second kappa shape index (κ2) is 56.4. The lowest BCUT2D eigenvalue weighted by Crippen LogP contribution is -2.48. The van der Waals surface area contributed by atoms with E-state index in [0.717, 1.165) is 99.9 Å². The largest absolute Gasteiger partial charge is 0.497 e. The van der Waals surface area contributed by atoms with Crippen LogP contribution in [0.2, 0.25) is 39.3 Å². The van der Waals surface area contributed by atoms with Crippen molar-refractivity contribution >= 4 is 122 Å². The quantitative estimate of drug-likeness (QED) is 0.0137. The normalized spacial score (nSPS) is 12.2. The highest BCUT2D eigenvalue weighted by molar-refractivity contribution is 7.57. The molecule has 10 aromatic rings. The molecule has 0 aliphatic rings. The van der Waals surface area contributed by atoms with E-state index >= 15 is 0 Å². The molecule has 0 saturated heterocycles. The van der Waals surface area contributed by atoms with Crippen LogP contribution in [0.25, 0.3) is 0 Å². The van der Waals surface area contributed by atoms with Gasteiger partial charge in [0.25, 0.3) is 0 Å². The van der Waals surface area contributed by atoms with Crippen LogP contribution in [0.15, 0.2) is 194 Å². The fourth-order valence-electron chi connectivity index (χ4n) is 13.0. The van der Waals surface area contributed by atoms with Crippen LogP contribution >= 0.6 is 42.9 Å². The molecular weight excluding hydrogens is 1810 g/mol. The third kappa shape index (κ3) is 40.8. The molecule has 134 heavy (non-hydrogen) atoms. The zero-order valence-electron chi connectivity index (χ0n) is 86.2. The van der Waals surface area contributed by atoms with Gasteiger partial charge in [-0.25, -0.2) is 0 Å². The highest BCUT2D eigenvalue weighted by atomic mass is 31.1. The van der Waals surface area contributed by atoms with Crippen LogP contribution in [0.3, 0.4) is 0 Å². The molecule has 27 heteroatoms. The van der Waals surface area contributed by atoms with Crippen molar-refractivity contribution in [2.24, 2.45) is 0 Å². The fraction of sp³-hybridized carbons (Fsp3) is 0.439. The standard InChI is InChI=1S/C25H42NO2PSi2.C21H30NO4P.C21H30NO3P.2C20H28NO3P/c1-25(2,3)26-17-19-13-11-12-14-21(19)29-22-15-20(30(5,6)7)16-23(31(8,9)10)24(22)28-18-27-4;1-21(2,3)22-13-15-9-7-8-10-18(15)27-19-12-16(24-5)11-17(25-6)20(19)26-14-23-4;1-15-9-7-10-16(13-22-21(2,3)4)20(15)26-18-12-8-11-17(24-6)19(18)25-14-23-5;1-20(2,3)21-13-15-9-6-7-11-17(15)25-18-12-8-10-16(23-5)19(18)24-14-22-4;1-20(2,3)21-13-15-8-6-7-9-18(15)25-19-12-16(23-5)10-11-17(19)24-14-22-4/h11-16,26,29H,17-18H2,1-10H3;7-12,22,27H,13-14H2,1-6H3;7-12,22,26H,13-14H2,1-6H3;2*6-12,21,25H,13-14H2,1-5H3. The summed E-state index contributed by atoms with van der Waals surface area (Å²) in [5.41, 5.74) is 8.23. The Morgan fingerprint density at radius 2 is 0.567 bits per heavy atom. The van der Waals surface area contributed by atoms with Crippen LogP contribution in [-0.2, 0) is 56.4 Å². The predicted molar refractivity (Wildman–Crippen MR) is 581 cm³/mol. The number of para-hydroxylation sites is 2. The van der Waals surface area contributed by atoms with Crippen molar-refractivity contribution in [2.75, 3.05) is 105 Å². The number of nitrogens with one attached hydrogen (secondary N) is 5. The maximum Gasteiger partial charge on any atom is 0.188 e. The van der Waals surface area contributed by atoms with Crippen LogP contribution in [-0.4, -0.2) is 149 Å². The summed E-state index contributed by atoms with van der Waals surface area (Å²) in [5.74, 6) is 7.76. The van der Waals surface area contributed by atoms with Crippen LogP contribution in [0.1, 0.15) is 137 Å². The lowest BCUT2D eigenvalue weighted by Gasteiger charge is -2.28. The molecule has 0 spiro atoms. The smallest absolute Gasteiger partial charge is 0.188 e. The Balaban J connectivity index is 0.000000258. The maximum absolute atomic E-state index is 6.26. The molecule has 10 rings (SSSR count).